The number of benzene rings is 1. The third-order valence-corrected chi connectivity index (χ3v) is 3.51. The zero-order valence-corrected chi connectivity index (χ0v) is 13.5. The van der Waals surface area contributed by atoms with Gasteiger partial charge in [0.15, 0.2) is 0 Å². The van der Waals surface area contributed by atoms with E-state index in [-0.39, 0.29) is 0 Å². The van der Waals surface area contributed by atoms with Gasteiger partial charge in [-0.25, -0.2) is 0 Å². The van der Waals surface area contributed by atoms with Gasteiger partial charge in [-0.3, -0.25) is 4.98 Å². The predicted molar refractivity (Wildman–Crippen MR) is 83.6 cm³/mol. The highest BCUT2D eigenvalue weighted by Crippen LogP contribution is 2.23. The normalized spacial score (nSPS) is 10.0. The fourth-order valence-electron chi connectivity index (χ4n) is 1.90. The number of pyridine rings is 1. The molecule has 0 bridgehead atoms. The molecule has 1 aromatic carbocycles. The topological polar surface area (TPSA) is 55.1 Å². The standard InChI is InChI=1S/C16H15BrN2O2/c1-11-3-6-15(14(8-17)19-11)21-10-12-4-5-13(9-18)16(7-12)20-2/h3-7H,8,10H2,1-2H3. The Kier molecular flexibility index (Phi) is 5.18. The number of aryl methyl sites for hydroxylation is 1. The van der Waals surface area contributed by atoms with Gasteiger partial charge in [0.1, 0.15) is 24.2 Å². The second-order valence-corrected chi connectivity index (χ2v) is 5.03. The van der Waals surface area contributed by atoms with Crippen molar-refractivity contribution in [1.29, 1.82) is 5.26 Å². The molecular formula is C16H15BrN2O2. The predicted octanol–water partition coefficient (Wildman–Crippen LogP) is 3.74. The van der Waals surface area contributed by atoms with Gasteiger partial charge in [0.05, 0.1) is 18.4 Å². The summed E-state index contributed by atoms with van der Waals surface area (Å²) in [6.07, 6.45) is 0. The minimum absolute atomic E-state index is 0.396. The molecule has 0 aliphatic carbocycles. The van der Waals surface area contributed by atoms with Gasteiger partial charge in [-0.2, -0.15) is 5.26 Å². The smallest absolute Gasteiger partial charge is 0.142 e. The molecule has 0 amide bonds. The molecule has 0 atom stereocenters. The Morgan fingerprint density at radius 1 is 1.24 bits per heavy atom. The van der Waals surface area contributed by atoms with Crippen LogP contribution in [0, 0.1) is 18.3 Å². The van der Waals surface area contributed by atoms with Gasteiger partial charge in [0.2, 0.25) is 0 Å². The Bertz CT molecular complexity index is 680. The molecule has 108 valence electrons. The van der Waals surface area contributed by atoms with E-state index in [0.717, 1.165) is 22.7 Å². The molecule has 0 fully saturated rings. The van der Waals surface area contributed by atoms with E-state index in [9.17, 15) is 0 Å². The first-order valence-electron chi connectivity index (χ1n) is 6.40. The molecular weight excluding hydrogens is 332 g/mol. The molecule has 1 heterocycles. The first-order chi connectivity index (χ1) is 10.2. The molecule has 2 aromatic rings. The molecule has 0 aliphatic heterocycles. The van der Waals surface area contributed by atoms with Gasteiger partial charge >= 0.3 is 0 Å². The van der Waals surface area contributed by atoms with Crippen molar-refractivity contribution < 1.29 is 9.47 Å². The molecule has 0 aliphatic rings. The summed E-state index contributed by atoms with van der Waals surface area (Å²) in [6.45, 7) is 2.34. The Morgan fingerprint density at radius 2 is 2.05 bits per heavy atom. The van der Waals surface area contributed by atoms with Crippen LogP contribution in [0.5, 0.6) is 11.5 Å². The quantitative estimate of drug-likeness (QED) is 0.773. The number of hydrogen-bond donors (Lipinski definition) is 0. The largest absolute Gasteiger partial charge is 0.495 e. The van der Waals surface area contributed by atoms with E-state index >= 15 is 0 Å². The van der Waals surface area contributed by atoms with Crippen LogP contribution in [-0.2, 0) is 11.9 Å². The maximum Gasteiger partial charge on any atom is 0.142 e. The van der Waals surface area contributed by atoms with Crippen LogP contribution in [0.25, 0.3) is 0 Å². The van der Waals surface area contributed by atoms with Crippen LogP contribution in [0.4, 0.5) is 0 Å². The summed E-state index contributed by atoms with van der Waals surface area (Å²) in [5.41, 5.74) is 3.28. The van der Waals surface area contributed by atoms with Gasteiger partial charge in [0, 0.05) is 11.0 Å². The number of methoxy groups -OCH3 is 1. The van der Waals surface area contributed by atoms with Crippen molar-refractivity contribution >= 4 is 15.9 Å². The Labute approximate surface area is 132 Å². The van der Waals surface area contributed by atoms with Crippen molar-refractivity contribution in [2.45, 2.75) is 18.9 Å². The molecule has 4 nitrogen and oxygen atoms in total. The summed E-state index contributed by atoms with van der Waals surface area (Å²) < 4.78 is 11.0. The van der Waals surface area contributed by atoms with E-state index in [2.05, 4.69) is 27.0 Å². The number of nitrogens with zero attached hydrogens (tertiary/aromatic N) is 2. The number of aromatic nitrogens is 1. The van der Waals surface area contributed by atoms with E-state index in [0.29, 0.717) is 23.2 Å². The second kappa shape index (κ2) is 7.09. The van der Waals surface area contributed by atoms with Crippen LogP contribution >= 0.6 is 15.9 Å². The Balaban J connectivity index is 2.15. The van der Waals surface area contributed by atoms with Gasteiger partial charge in [-0.15, -0.1) is 0 Å². The number of hydrogen-bond acceptors (Lipinski definition) is 4. The third kappa shape index (κ3) is 3.73. The molecule has 0 saturated heterocycles. The van der Waals surface area contributed by atoms with Crippen molar-refractivity contribution in [3.05, 3.63) is 52.8 Å². The minimum Gasteiger partial charge on any atom is -0.495 e. The highest BCUT2D eigenvalue weighted by atomic mass is 79.9. The maximum absolute atomic E-state index is 8.97. The number of ether oxygens (including phenoxy) is 2. The number of halogens is 1. The fraction of sp³-hybridized carbons (Fsp3) is 0.250. The van der Waals surface area contributed by atoms with Crippen LogP contribution in [0.15, 0.2) is 30.3 Å². The summed E-state index contributed by atoms with van der Waals surface area (Å²) in [5, 5.41) is 9.61. The molecule has 0 unspecified atom stereocenters. The number of nitriles is 1. The van der Waals surface area contributed by atoms with Crippen molar-refractivity contribution in [2.24, 2.45) is 0 Å². The van der Waals surface area contributed by atoms with E-state index in [4.69, 9.17) is 14.7 Å². The lowest BCUT2D eigenvalue weighted by molar-refractivity contribution is 0.301. The molecule has 0 N–H and O–H groups in total. The molecule has 0 saturated carbocycles. The van der Waals surface area contributed by atoms with E-state index in [1.807, 2.05) is 31.2 Å². The second-order valence-electron chi connectivity index (χ2n) is 4.47. The van der Waals surface area contributed by atoms with Crippen LogP contribution in [0.2, 0.25) is 0 Å². The van der Waals surface area contributed by atoms with Crippen LogP contribution < -0.4 is 9.47 Å². The van der Waals surface area contributed by atoms with Crippen molar-refractivity contribution in [2.75, 3.05) is 7.11 Å². The zero-order valence-electron chi connectivity index (χ0n) is 11.9. The molecule has 21 heavy (non-hydrogen) atoms. The molecule has 0 spiro atoms. The lowest BCUT2D eigenvalue weighted by Gasteiger charge is -2.11. The average molecular weight is 347 g/mol. The SMILES string of the molecule is COc1cc(COc2ccc(C)nc2CBr)ccc1C#N. The maximum atomic E-state index is 8.97. The van der Waals surface area contributed by atoms with Gasteiger partial charge in [-0.05, 0) is 36.8 Å². The highest BCUT2D eigenvalue weighted by Gasteiger charge is 2.07. The Morgan fingerprint density at radius 3 is 2.71 bits per heavy atom. The summed E-state index contributed by atoms with van der Waals surface area (Å²) in [6, 6.07) is 11.3. The summed E-state index contributed by atoms with van der Waals surface area (Å²) in [5.74, 6) is 1.31. The van der Waals surface area contributed by atoms with Gasteiger partial charge < -0.3 is 9.47 Å². The Hall–Kier alpha value is -2.06. The monoisotopic (exact) mass is 346 g/mol. The first kappa shape index (κ1) is 15.3. The lowest BCUT2D eigenvalue weighted by atomic mass is 10.1. The zero-order chi connectivity index (χ0) is 15.2. The molecule has 2 rings (SSSR count). The summed E-state index contributed by atoms with van der Waals surface area (Å²) in [7, 11) is 1.55. The third-order valence-electron chi connectivity index (χ3n) is 2.98. The van der Waals surface area contributed by atoms with E-state index in [1.54, 1.807) is 13.2 Å². The average Bonchev–Trinajstić information content (AvgIpc) is 2.53. The van der Waals surface area contributed by atoms with Crippen molar-refractivity contribution in [1.82, 2.24) is 4.98 Å². The summed E-state index contributed by atoms with van der Waals surface area (Å²) >= 11 is 3.41. The van der Waals surface area contributed by atoms with Gasteiger partial charge in [0.25, 0.3) is 0 Å². The van der Waals surface area contributed by atoms with Crippen molar-refractivity contribution in [3.63, 3.8) is 0 Å². The van der Waals surface area contributed by atoms with E-state index < -0.39 is 0 Å². The number of alkyl halides is 1. The first-order valence-corrected chi connectivity index (χ1v) is 7.52. The minimum atomic E-state index is 0.396. The summed E-state index contributed by atoms with van der Waals surface area (Å²) in [4.78, 5) is 4.43. The number of rotatable bonds is 5. The fourth-order valence-corrected chi connectivity index (χ4v) is 2.31. The van der Waals surface area contributed by atoms with Gasteiger partial charge in [-0.1, -0.05) is 22.0 Å². The van der Waals surface area contributed by atoms with Crippen molar-refractivity contribution in [3.8, 4) is 17.6 Å². The van der Waals surface area contributed by atoms with Crippen LogP contribution in [0.3, 0.4) is 0 Å². The van der Waals surface area contributed by atoms with Crippen LogP contribution in [0.1, 0.15) is 22.5 Å². The van der Waals surface area contributed by atoms with Crippen LogP contribution in [-0.4, -0.2) is 12.1 Å². The molecule has 5 heteroatoms. The van der Waals surface area contributed by atoms with E-state index in [1.165, 1.54) is 0 Å². The molecule has 0 radical (unpaired) electrons. The molecule has 1 aromatic heterocycles. The lowest BCUT2D eigenvalue weighted by Crippen LogP contribution is -2.01. The highest BCUT2D eigenvalue weighted by molar-refractivity contribution is 9.08.